The molecule has 0 aromatic heterocycles. The van der Waals surface area contributed by atoms with Gasteiger partial charge in [0.25, 0.3) is 0 Å². The highest BCUT2D eigenvalue weighted by Gasteiger charge is 2.36. The molecule has 18 heavy (non-hydrogen) atoms. The van der Waals surface area contributed by atoms with Crippen LogP contribution in [0.15, 0.2) is 42.5 Å². The average Bonchev–Trinajstić information content (AvgIpc) is 2.27. The van der Waals surface area contributed by atoms with Crippen molar-refractivity contribution < 1.29 is 18.3 Å². The zero-order chi connectivity index (χ0) is 13.3. The molecule has 0 heterocycles. The van der Waals surface area contributed by atoms with E-state index in [1.807, 2.05) is 0 Å². The first kappa shape index (κ1) is 12.3. The van der Waals surface area contributed by atoms with Crippen molar-refractivity contribution in [3.05, 3.63) is 48.0 Å². The highest BCUT2D eigenvalue weighted by molar-refractivity contribution is 5.76. The number of benzene rings is 2. The Morgan fingerprint density at radius 2 is 1.61 bits per heavy atom. The van der Waals surface area contributed by atoms with E-state index in [4.69, 9.17) is 5.73 Å². The number of anilines is 1. The van der Waals surface area contributed by atoms with Gasteiger partial charge in [-0.2, -0.15) is 13.2 Å². The fourth-order valence-corrected chi connectivity index (χ4v) is 1.81. The van der Waals surface area contributed by atoms with Crippen LogP contribution in [0.4, 0.5) is 18.9 Å². The zero-order valence-electron chi connectivity index (χ0n) is 9.20. The molecule has 94 valence electrons. The van der Waals surface area contributed by atoms with Crippen molar-refractivity contribution in [3.8, 4) is 16.9 Å². The third-order valence-electron chi connectivity index (χ3n) is 2.52. The summed E-state index contributed by atoms with van der Waals surface area (Å²) >= 11 is 0. The molecule has 0 aliphatic rings. The lowest BCUT2D eigenvalue weighted by atomic mass is 9.97. The van der Waals surface area contributed by atoms with E-state index >= 15 is 0 Å². The van der Waals surface area contributed by atoms with Gasteiger partial charge in [0.1, 0.15) is 5.75 Å². The van der Waals surface area contributed by atoms with Crippen molar-refractivity contribution in [2.24, 2.45) is 0 Å². The summed E-state index contributed by atoms with van der Waals surface area (Å²) in [6, 6.07) is 9.96. The third-order valence-corrected chi connectivity index (χ3v) is 2.52. The van der Waals surface area contributed by atoms with Crippen LogP contribution in [0.3, 0.4) is 0 Å². The first-order valence-electron chi connectivity index (χ1n) is 5.14. The Morgan fingerprint density at radius 3 is 2.17 bits per heavy atom. The van der Waals surface area contributed by atoms with Gasteiger partial charge in [-0.1, -0.05) is 30.3 Å². The minimum absolute atomic E-state index is 0.124. The monoisotopic (exact) mass is 253 g/mol. The number of alkyl halides is 3. The van der Waals surface area contributed by atoms with Crippen LogP contribution in [0, 0.1) is 0 Å². The predicted molar refractivity (Wildman–Crippen MR) is 63.0 cm³/mol. The molecule has 0 bridgehead atoms. The summed E-state index contributed by atoms with van der Waals surface area (Å²) < 4.78 is 38.9. The highest BCUT2D eigenvalue weighted by atomic mass is 19.4. The number of rotatable bonds is 1. The molecular weight excluding hydrogens is 243 g/mol. The van der Waals surface area contributed by atoms with E-state index in [2.05, 4.69) is 0 Å². The summed E-state index contributed by atoms with van der Waals surface area (Å²) in [5.41, 5.74) is 4.19. The Kier molecular flexibility index (Phi) is 2.90. The van der Waals surface area contributed by atoms with Crippen molar-refractivity contribution in [2.45, 2.75) is 6.18 Å². The van der Waals surface area contributed by atoms with Crippen molar-refractivity contribution in [1.82, 2.24) is 0 Å². The first-order chi connectivity index (χ1) is 8.39. The Morgan fingerprint density at radius 1 is 1.00 bits per heavy atom. The highest BCUT2D eigenvalue weighted by Crippen LogP contribution is 2.42. The molecule has 0 radical (unpaired) electrons. The summed E-state index contributed by atoms with van der Waals surface area (Å²) in [7, 11) is 0. The number of nitrogens with two attached hydrogens (primary N) is 1. The van der Waals surface area contributed by atoms with E-state index in [0.29, 0.717) is 5.56 Å². The zero-order valence-corrected chi connectivity index (χ0v) is 9.20. The maximum atomic E-state index is 13.0. The van der Waals surface area contributed by atoms with Crippen LogP contribution in [-0.4, -0.2) is 5.11 Å². The van der Waals surface area contributed by atoms with E-state index < -0.39 is 17.4 Å². The van der Waals surface area contributed by atoms with Gasteiger partial charge in [-0.3, -0.25) is 0 Å². The number of aromatic hydroxyl groups is 1. The van der Waals surface area contributed by atoms with Gasteiger partial charge in [-0.15, -0.1) is 0 Å². The topological polar surface area (TPSA) is 46.2 Å². The predicted octanol–water partition coefficient (Wildman–Crippen LogP) is 3.66. The number of phenols is 1. The Labute approximate surface area is 101 Å². The number of hydrogen-bond donors (Lipinski definition) is 2. The molecule has 2 rings (SSSR count). The maximum Gasteiger partial charge on any atom is 0.418 e. The largest absolute Gasteiger partial charge is 0.508 e. The molecule has 0 aliphatic carbocycles. The van der Waals surface area contributed by atoms with Gasteiger partial charge in [0, 0.05) is 11.8 Å². The molecule has 3 N–H and O–H groups in total. The minimum Gasteiger partial charge on any atom is -0.508 e. The van der Waals surface area contributed by atoms with Crippen molar-refractivity contribution in [2.75, 3.05) is 5.73 Å². The van der Waals surface area contributed by atoms with E-state index in [0.717, 1.165) is 12.1 Å². The van der Waals surface area contributed by atoms with Crippen LogP contribution < -0.4 is 5.73 Å². The summed E-state index contributed by atoms with van der Waals surface area (Å²) in [4.78, 5) is 0. The fraction of sp³-hybridized carbons (Fsp3) is 0.0769. The number of hydrogen-bond acceptors (Lipinski definition) is 2. The Bertz CT molecular complexity index is 564. The molecule has 0 aliphatic heterocycles. The first-order valence-corrected chi connectivity index (χ1v) is 5.14. The van der Waals surface area contributed by atoms with Crippen LogP contribution in [0.2, 0.25) is 0 Å². The van der Waals surface area contributed by atoms with E-state index in [9.17, 15) is 18.3 Å². The summed E-state index contributed by atoms with van der Waals surface area (Å²) in [6.07, 6.45) is -4.57. The van der Waals surface area contributed by atoms with Gasteiger partial charge >= 0.3 is 6.18 Å². The number of phenolic OH excluding ortho intramolecular Hbond substituents is 1. The summed E-state index contributed by atoms with van der Waals surface area (Å²) in [5.74, 6) is -0.292. The molecule has 2 aromatic rings. The second-order valence-electron chi connectivity index (χ2n) is 3.82. The van der Waals surface area contributed by atoms with Crippen molar-refractivity contribution >= 4 is 5.69 Å². The molecule has 2 aromatic carbocycles. The second kappa shape index (κ2) is 4.25. The number of nitrogen functional groups attached to an aromatic ring is 1. The molecule has 2 nitrogen and oxygen atoms in total. The van der Waals surface area contributed by atoms with Crippen molar-refractivity contribution in [3.63, 3.8) is 0 Å². The Hall–Kier alpha value is -2.17. The van der Waals surface area contributed by atoms with Gasteiger partial charge in [-0.25, -0.2) is 0 Å². The molecule has 0 atom stereocenters. The molecule has 0 saturated heterocycles. The van der Waals surface area contributed by atoms with Gasteiger partial charge in [0.05, 0.1) is 5.56 Å². The van der Waals surface area contributed by atoms with Gasteiger partial charge in [0.15, 0.2) is 0 Å². The van der Waals surface area contributed by atoms with E-state index in [1.54, 1.807) is 18.2 Å². The van der Waals surface area contributed by atoms with Crippen LogP contribution in [0.25, 0.3) is 11.1 Å². The lowest BCUT2D eigenvalue weighted by Crippen LogP contribution is -2.11. The molecule has 0 spiro atoms. The van der Waals surface area contributed by atoms with Crippen LogP contribution in [0.5, 0.6) is 5.75 Å². The lowest BCUT2D eigenvalue weighted by molar-refractivity contribution is -0.136. The van der Waals surface area contributed by atoms with E-state index in [-0.39, 0.29) is 11.3 Å². The standard InChI is InChI=1S/C13H10F3NO/c14-13(15,16)12-10(6-9(18)7-11(12)17)8-4-2-1-3-5-8/h1-7,18H,17H2. The SMILES string of the molecule is Nc1cc(O)cc(-c2ccccc2)c1C(F)(F)F. The Balaban J connectivity index is 2.74. The number of halogens is 3. The van der Waals surface area contributed by atoms with Crippen molar-refractivity contribution in [1.29, 1.82) is 0 Å². The molecule has 0 amide bonds. The average molecular weight is 253 g/mol. The second-order valence-corrected chi connectivity index (χ2v) is 3.82. The third kappa shape index (κ3) is 2.25. The molecule has 0 unspecified atom stereocenters. The van der Waals surface area contributed by atoms with Crippen LogP contribution >= 0.6 is 0 Å². The lowest BCUT2D eigenvalue weighted by Gasteiger charge is -2.16. The van der Waals surface area contributed by atoms with Gasteiger partial charge in [0.2, 0.25) is 0 Å². The maximum absolute atomic E-state index is 13.0. The normalized spacial score (nSPS) is 11.5. The van der Waals surface area contributed by atoms with E-state index in [1.165, 1.54) is 12.1 Å². The molecule has 5 heteroatoms. The molecule has 0 saturated carbocycles. The minimum atomic E-state index is -4.57. The molecule has 0 fully saturated rings. The van der Waals surface area contributed by atoms with Gasteiger partial charge < -0.3 is 10.8 Å². The summed E-state index contributed by atoms with van der Waals surface area (Å²) in [5, 5.41) is 9.40. The van der Waals surface area contributed by atoms with Gasteiger partial charge in [-0.05, 0) is 17.2 Å². The van der Waals surface area contributed by atoms with Crippen LogP contribution in [0.1, 0.15) is 5.56 Å². The quantitative estimate of drug-likeness (QED) is 0.762. The molecular formula is C13H10F3NO. The smallest absolute Gasteiger partial charge is 0.418 e. The fourth-order valence-electron chi connectivity index (χ4n) is 1.81. The summed E-state index contributed by atoms with van der Waals surface area (Å²) in [6.45, 7) is 0. The van der Waals surface area contributed by atoms with Crippen LogP contribution in [-0.2, 0) is 6.18 Å².